The lowest BCUT2D eigenvalue weighted by Gasteiger charge is -2.37. The van der Waals surface area contributed by atoms with Crippen LogP contribution in [0.4, 0.5) is 4.39 Å². The maximum absolute atomic E-state index is 13.7. The number of nitrogens with one attached hydrogen (secondary N) is 1. The highest BCUT2D eigenvalue weighted by molar-refractivity contribution is 5.27. The van der Waals surface area contributed by atoms with Crippen LogP contribution in [-0.4, -0.2) is 55.6 Å². The summed E-state index contributed by atoms with van der Waals surface area (Å²) in [5, 5.41) is 3.42. The largest absolute Gasteiger partial charge is 0.314 e. The number of piperazine rings is 1. The van der Waals surface area contributed by atoms with Crippen LogP contribution in [0.2, 0.25) is 0 Å². The second-order valence-electron chi connectivity index (χ2n) is 6.61. The molecule has 130 valence electrons. The van der Waals surface area contributed by atoms with E-state index in [-0.39, 0.29) is 5.82 Å². The molecule has 2 rings (SSSR count). The van der Waals surface area contributed by atoms with Gasteiger partial charge in [0.1, 0.15) is 5.82 Å². The molecule has 1 heterocycles. The van der Waals surface area contributed by atoms with Gasteiger partial charge in [-0.25, -0.2) is 4.39 Å². The highest BCUT2D eigenvalue weighted by atomic mass is 19.1. The Morgan fingerprint density at radius 3 is 2.39 bits per heavy atom. The van der Waals surface area contributed by atoms with Crippen LogP contribution >= 0.6 is 0 Å². The average Bonchev–Trinajstić information content (AvgIpc) is 2.56. The predicted molar refractivity (Wildman–Crippen MR) is 95.3 cm³/mol. The first-order chi connectivity index (χ1) is 11.2. The van der Waals surface area contributed by atoms with Crippen molar-refractivity contribution in [2.75, 3.05) is 45.8 Å². The summed E-state index contributed by atoms with van der Waals surface area (Å²) in [6.07, 6.45) is 2.30. The fourth-order valence-corrected chi connectivity index (χ4v) is 3.44. The van der Waals surface area contributed by atoms with E-state index in [0.717, 1.165) is 64.2 Å². The number of rotatable bonds is 8. The molecule has 0 amide bonds. The topological polar surface area (TPSA) is 18.5 Å². The van der Waals surface area contributed by atoms with E-state index in [1.165, 1.54) is 5.56 Å². The molecule has 1 unspecified atom stereocenters. The van der Waals surface area contributed by atoms with E-state index in [2.05, 4.69) is 29.0 Å². The lowest BCUT2D eigenvalue weighted by Crippen LogP contribution is -2.47. The van der Waals surface area contributed by atoms with Gasteiger partial charge in [-0.2, -0.15) is 0 Å². The van der Waals surface area contributed by atoms with E-state index in [1.807, 2.05) is 19.1 Å². The van der Waals surface area contributed by atoms with Crippen LogP contribution in [0.1, 0.15) is 43.9 Å². The van der Waals surface area contributed by atoms with E-state index in [1.54, 1.807) is 6.07 Å². The normalized spacial score (nSPS) is 17.6. The minimum Gasteiger partial charge on any atom is -0.314 e. The summed E-state index contributed by atoms with van der Waals surface area (Å²) in [5.74, 6) is -0.104. The third-order valence-corrected chi connectivity index (χ3v) is 4.67. The molecule has 23 heavy (non-hydrogen) atoms. The van der Waals surface area contributed by atoms with Crippen molar-refractivity contribution in [2.24, 2.45) is 0 Å². The Balaban J connectivity index is 2.22. The van der Waals surface area contributed by atoms with Crippen molar-refractivity contribution in [1.29, 1.82) is 0 Å². The molecule has 0 spiro atoms. The fourth-order valence-electron chi connectivity index (χ4n) is 3.44. The van der Waals surface area contributed by atoms with Gasteiger partial charge in [-0.05, 0) is 50.0 Å². The molecular formula is C19H32FN3. The first kappa shape index (κ1) is 18.4. The number of hydrogen-bond acceptors (Lipinski definition) is 3. The summed E-state index contributed by atoms with van der Waals surface area (Å²) in [6.45, 7) is 13.9. The zero-order valence-corrected chi connectivity index (χ0v) is 14.9. The molecule has 1 saturated heterocycles. The molecule has 0 aromatic heterocycles. The molecule has 0 bridgehead atoms. The second kappa shape index (κ2) is 9.36. The molecule has 0 aliphatic carbocycles. The second-order valence-corrected chi connectivity index (χ2v) is 6.61. The van der Waals surface area contributed by atoms with Gasteiger partial charge >= 0.3 is 0 Å². The highest BCUT2D eigenvalue weighted by Crippen LogP contribution is 2.25. The Morgan fingerprint density at radius 1 is 1.17 bits per heavy atom. The minimum atomic E-state index is -0.104. The molecule has 4 heteroatoms. The SMILES string of the molecule is CCCN(CCC)C(CN1CCNCC1)c1ccc(F)c(C)c1. The van der Waals surface area contributed by atoms with Crippen LogP contribution in [0.15, 0.2) is 18.2 Å². The van der Waals surface area contributed by atoms with Crippen molar-refractivity contribution >= 4 is 0 Å². The zero-order valence-electron chi connectivity index (χ0n) is 14.9. The molecule has 0 radical (unpaired) electrons. The van der Waals surface area contributed by atoms with Crippen molar-refractivity contribution < 1.29 is 4.39 Å². The quantitative estimate of drug-likeness (QED) is 0.793. The summed E-state index contributed by atoms with van der Waals surface area (Å²) in [5.41, 5.74) is 2.00. The Kier molecular flexibility index (Phi) is 7.47. The molecule has 1 aliphatic rings. The minimum absolute atomic E-state index is 0.104. The highest BCUT2D eigenvalue weighted by Gasteiger charge is 2.23. The molecule has 3 nitrogen and oxygen atoms in total. The van der Waals surface area contributed by atoms with Crippen LogP contribution in [0.25, 0.3) is 0 Å². The van der Waals surface area contributed by atoms with Gasteiger partial charge in [-0.1, -0.05) is 26.0 Å². The van der Waals surface area contributed by atoms with Crippen LogP contribution in [-0.2, 0) is 0 Å². The number of halogens is 1. The first-order valence-electron chi connectivity index (χ1n) is 9.08. The summed E-state index contributed by atoms with van der Waals surface area (Å²) >= 11 is 0. The van der Waals surface area contributed by atoms with Crippen molar-refractivity contribution in [3.8, 4) is 0 Å². The van der Waals surface area contributed by atoms with E-state index in [9.17, 15) is 4.39 Å². The fraction of sp³-hybridized carbons (Fsp3) is 0.684. The smallest absolute Gasteiger partial charge is 0.126 e. The lowest BCUT2D eigenvalue weighted by atomic mass is 10.0. The van der Waals surface area contributed by atoms with Gasteiger partial charge in [0.2, 0.25) is 0 Å². The van der Waals surface area contributed by atoms with Gasteiger partial charge in [0.15, 0.2) is 0 Å². The van der Waals surface area contributed by atoms with Crippen molar-refractivity contribution in [3.05, 3.63) is 35.1 Å². The number of benzene rings is 1. The standard InChI is InChI=1S/C19H32FN3/c1-4-10-23(11-5-2)19(15-22-12-8-21-9-13-22)17-6-7-18(20)16(3)14-17/h6-7,14,19,21H,4-5,8-13,15H2,1-3H3. The Morgan fingerprint density at radius 2 is 1.83 bits per heavy atom. The van der Waals surface area contributed by atoms with Crippen LogP contribution in [0.5, 0.6) is 0 Å². The summed E-state index contributed by atoms with van der Waals surface area (Å²) in [7, 11) is 0. The zero-order chi connectivity index (χ0) is 16.7. The monoisotopic (exact) mass is 321 g/mol. The third-order valence-electron chi connectivity index (χ3n) is 4.67. The Hall–Kier alpha value is -0.970. The van der Waals surface area contributed by atoms with Crippen molar-refractivity contribution in [3.63, 3.8) is 0 Å². The van der Waals surface area contributed by atoms with Gasteiger partial charge < -0.3 is 5.32 Å². The molecule has 1 atom stereocenters. The molecule has 1 fully saturated rings. The molecule has 1 aromatic carbocycles. The van der Waals surface area contributed by atoms with E-state index >= 15 is 0 Å². The average molecular weight is 321 g/mol. The Labute approximate surface area is 140 Å². The van der Waals surface area contributed by atoms with Gasteiger partial charge in [0, 0.05) is 38.8 Å². The third kappa shape index (κ3) is 5.27. The first-order valence-corrected chi connectivity index (χ1v) is 9.08. The molecule has 1 aromatic rings. The molecule has 0 saturated carbocycles. The molecule has 1 aliphatic heterocycles. The maximum Gasteiger partial charge on any atom is 0.126 e. The summed E-state index contributed by atoms with van der Waals surface area (Å²) < 4.78 is 13.7. The van der Waals surface area contributed by atoms with Gasteiger partial charge in [0.05, 0.1) is 0 Å². The number of hydrogen-bond donors (Lipinski definition) is 1. The van der Waals surface area contributed by atoms with Crippen molar-refractivity contribution in [1.82, 2.24) is 15.1 Å². The predicted octanol–water partition coefficient (Wildman–Crippen LogP) is 3.20. The molecule has 1 N–H and O–H groups in total. The van der Waals surface area contributed by atoms with Crippen LogP contribution < -0.4 is 5.32 Å². The van der Waals surface area contributed by atoms with E-state index in [0.29, 0.717) is 6.04 Å². The van der Waals surface area contributed by atoms with Crippen LogP contribution in [0.3, 0.4) is 0 Å². The van der Waals surface area contributed by atoms with Crippen LogP contribution in [0, 0.1) is 12.7 Å². The lowest BCUT2D eigenvalue weighted by molar-refractivity contribution is 0.129. The Bertz CT molecular complexity index is 466. The van der Waals surface area contributed by atoms with Gasteiger partial charge in [-0.15, -0.1) is 0 Å². The number of aryl methyl sites for hydroxylation is 1. The summed E-state index contributed by atoms with van der Waals surface area (Å²) in [4.78, 5) is 5.12. The van der Waals surface area contributed by atoms with Crippen molar-refractivity contribution in [2.45, 2.75) is 39.7 Å². The molecular weight excluding hydrogens is 289 g/mol. The summed E-state index contributed by atoms with van der Waals surface area (Å²) in [6, 6.07) is 6.01. The van der Waals surface area contributed by atoms with E-state index < -0.39 is 0 Å². The van der Waals surface area contributed by atoms with Gasteiger partial charge in [0.25, 0.3) is 0 Å². The maximum atomic E-state index is 13.7. The van der Waals surface area contributed by atoms with E-state index in [4.69, 9.17) is 0 Å². The van der Waals surface area contributed by atoms with Gasteiger partial charge in [-0.3, -0.25) is 9.80 Å². The number of nitrogens with zero attached hydrogens (tertiary/aromatic N) is 2.